The average Bonchev–Trinajstić information content (AvgIpc) is 2.47. The molecule has 1 unspecified atom stereocenters. The normalized spacial score (nSPS) is 11.8. The van der Waals surface area contributed by atoms with E-state index < -0.39 is 4.92 Å². The maximum absolute atomic E-state index is 10.8. The van der Waals surface area contributed by atoms with E-state index in [9.17, 15) is 10.1 Å². The van der Waals surface area contributed by atoms with E-state index in [1.807, 2.05) is 25.1 Å². The van der Waals surface area contributed by atoms with Gasteiger partial charge in [0.25, 0.3) is 5.69 Å². The molecule has 21 heavy (non-hydrogen) atoms. The maximum atomic E-state index is 10.8. The lowest BCUT2D eigenvalue weighted by atomic mass is 10.1. The second-order valence-corrected chi connectivity index (χ2v) is 4.52. The first kappa shape index (κ1) is 14.8. The number of rotatable bonds is 5. The summed E-state index contributed by atoms with van der Waals surface area (Å²) in [6, 6.07) is 11.4. The predicted molar refractivity (Wildman–Crippen MR) is 78.8 cm³/mol. The summed E-state index contributed by atoms with van der Waals surface area (Å²) in [6.45, 7) is 1.86. The van der Waals surface area contributed by atoms with Gasteiger partial charge in [-0.2, -0.15) is 0 Å². The van der Waals surface area contributed by atoms with Gasteiger partial charge in [-0.25, -0.2) is 0 Å². The Morgan fingerprint density at radius 2 is 1.86 bits per heavy atom. The molecule has 0 heterocycles. The first-order chi connectivity index (χ1) is 10.0. The Morgan fingerprint density at radius 3 is 2.48 bits per heavy atom. The van der Waals surface area contributed by atoms with Crippen LogP contribution < -0.4 is 15.2 Å². The second-order valence-electron chi connectivity index (χ2n) is 4.52. The minimum absolute atomic E-state index is 0.0559. The number of nitrogens with two attached hydrogens (primary N) is 1. The summed E-state index contributed by atoms with van der Waals surface area (Å²) in [5.41, 5.74) is 6.69. The monoisotopic (exact) mass is 288 g/mol. The zero-order valence-electron chi connectivity index (χ0n) is 11.8. The fourth-order valence-corrected chi connectivity index (χ4v) is 1.92. The summed E-state index contributed by atoms with van der Waals surface area (Å²) in [5.74, 6) is 1.29. The van der Waals surface area contributed by atoms with Gasteiger partial charge in [0.1, 0.15) is 5.75 Å². The van der Waals surface area contributed by atoms with Crippen molar-refractivity contribution in [1.29, 1.82) is 0 Å². The van der Waals surface area contributed by atoms with Crippen LogP contribution in [-0.4, -0.2) is 12.0 Å². The van der Waals surface area contributed by atoms with Gasteiger partial charge in [0.2, 0.25) is 0 Å². The molecule has 2 N–H and O–H groups in total. The highest BCUT2D eigenvalue weighted by molar-refractivity contribution is 5.51. The van der Waals surface area contributed by atoms with E-state index in [0.29, 0.717) is 17.2 Å². The number of ether oxygens (including phenoxy) is 2. The van der Waals surface area contributed by atoms with Crippen molar-refractivity contribution in [3.05, 3.63) is 58.1 Å². The van der Waals surface area contributed by atoms with Gasteiger partial charge in [-0.1, -0.05) is 18.2 Å². The molecule has 2 aromatic carbocycles. The molecule has 6 heteroatoms. The summed E-state index contributed by atoms with van der Waals surface area (Å²) in [7, 11) is 1.43. The molecule has 0 aliphatic rings. The number of hydrogen-bond donors (Lipinski definition) is 1. The van der Waals surface area contributed by atoms with Crippen LogP contribution in [0.5, 0.6) is 17.2 Å². The molecular weight excluding hydrogens is 272 g/mol. The highest BCUT2D eigenvalue weighted by atomic mass is 16.6. The molecule has 0 saturated carbocycles. The van der Waals surface area contributed by atoms with Gasteiger partial charge in [0.05, 0.1) is 18.1 Å². The average molecular weight is 288 g/mol. The van der Waals surface area contributed by atoms with Crippen LogP contribution in [0, 0.1) is 10.1 Å². The Labute approximate surface area is 122 Å². The molecule has 110 valence electrons. The summed E-state index contributed by atoms with van der Waals surface area (Å²) < 4.78 is 10.9. The number of methoxy groups -OCH3 is 1. The fourth-order valence-electron chi connectivity index (χ4n) is 1.92. The van der Waals surface area contributed by atoms with E-state index in [4.69, 9.17) is 15.2 Å². The summed E-state index contributed by atoms with van der Waals surface area (Å²) >= 11 is 0. The van der Waals surface area contributed by atoms with Gasteiger partial charge >= 0.3 is 0 Å². The highest BCUT2D eigenvalue weighted by Crippen LogP contribution is 2.36. The minimum atomic E-state index is -0.484. The molecule has 0 radical (unpaired) electrons. The topological polar surface area (TPSA) is 87.6 Å². The van der Waals surface area contributed by atoms with E-state index in [-0.39, 0.29) is 11.7 Å². The fraction of sp³-hybridized carbons (Fsp3) is 0.200. The molecule has 0 saturated heterocycles. The molecule has 0 aliphatic carbocycles. The predicted octanol–water partition coefficient (Wildman–Crippen LogP) is 3.42. The second kappa shape index (κ2) is 6.23. The first-order valence-electron chi connectivity index (χ1n) is 6.37. The lowest BCUT2D eigenvalue weighted by Crippen LogP contribution is -2.06. The van der Waals surface area contributed by atoms with Crippen LogP contribution in [0.2, 0.25) is 0 Å². The quantitative estimate of drug-likeness (QED) is 0.672. The van der Waals surface area contributed by atoms with Crippen molar-refractivity contribution in [1.82, 2.24) is 0 Å². The van der Waals surface area contributed by atoms with Crippen molar-refractivity contribution < 1.29 is 14.4 Å². The minimum Gasteiger partial charge on any atom is -0.493 e. The zero-order chi connectivity index (χ0) is 15.4. The lowest BCUT2D eigenvalue weighted by Gasteiger charge is -2.15. The van der Waals surface area contributed by atoms with Gasteiger partial charge < -0.3 is 15.2 Å². The van der Waals surface area contributed by atoms with Crippen LogP contribution in [0.4, 0.5) is 5.69 Å². The number of hydrogen-bond acceptors (Lipinski definition) is 5. The van der Waals surface area contributed by atoms with E-state index in [0.717, 1.165) is 5.56 Å². The van der Waals surface area contributed by atoms with Crippen molar-refractivity contribution in [2.45, 2.75) is 13.0 Å². The van der Waals surface area contributed by atoms with Crippen LogP contribution in [0.3, 0.4) is 0 Å². The molecule has 0 bridgehead atoms. The number of non-ortho nitro benzene ring substituents is 1. The molecule has 6 nitrogen and oxygen atoms in total. The third kappa shape index (κ3) is 3.29. The van der Waals surface area contributed by atoms with Crippen molar-refractivity contribution in [2.24, 2.45) is 5.73 Å². The summed E-state index contributed by atoms with van der Waals surface area (Å²) in [4.78, 5) is 10.3. The van der Waals surface area contributed by atoms with Crippen molar-refractivity contribution in [3.63, 3.8) is 0 Å². The number of nitro groups is 1. The molecule has 0 fully saturated rings. The van der Waals surface area contributed by atoms with Crippen LogP contribution in [0.15, 0.2) is 42.5 Å². The van der Waals surface area contributed by atoms with Crippen molar-refractivity contribution in [2.75, 3.05) is 7.11 Å². The molecule has 0 aliphatic heterocycles. The van der Waals surface area contributed by atoms with Crippen molar-refractivity contribution >= 4 is 5.69 Å². The molecule has 0 aromatic heterocycles. The molecule has 1 atom stereocenters. The Hall–Kier alpha value is -2.60. The molecule has 2 aromatic rings. The van der Waals surface area contributed by atoms with Crippen molar-refractivity contribution in [3.8, 4) is 17.2 Å². The number of para-hydroxylation sites is 1. The number of nitrogens with zero attached hydrogens (tertiary/aromatic N) is 1. The molecular formula is C15H16N2O4. The van der Waals surface area contributed by atoms with Gasteiger partial charge in [-0.15, -0.1) is 0 Å². The van der Waals surface area contributed by atoms with Gasteiger partial charge in [0.15, 0.2) is 11.5 Å². The summed E-state index contributed by atoms with van der Waals surface area (Å²) in [6.07, 6.45) is 0. The van der Waals surface area contributed by atoms with Gasteiger partial charge in [-0.05, 0) is 19.1 Å². The van der Waals surface area contributed by atoms with E-state index in [1.165, 1.54) is 25.3 Å². The van der Waals surface area contributed by atoms with E-state index >= 15 is 0 Å². The Kier molecular flexibility index (Phi) is 4.39. The van der Waals surface area contributed by atoms with Gasteiger partial charge in [0, 0.05) is 17.7 Å². The Morgan fingerprint density at radius 1 is 1.14 bits per heavy atom. The molecule has 2 rings (SSSR count). The Balaban J connectivity index is 2.38. The zero-order valence-corrected chi connectivity index (χ0v) is 11.8. The standard InChI is InChI=1S/C15H16N2O4/c1-10(16)12-5-3-4-6-13(12)21-14-8-7-11(17(18)19)9-15(14)20-2/h3-10H,16H2,1-2H3. The lowest BCUT2D eigenvalue weighted by molar-refractivity contribution is -0.384. The third-order valence-electron chi connectivity index (χ3n) is 2.99. The highest BCUT2D eigenvalue weighted by Gasteiger charge is 2.15. The Bertz CT molecular complexity index is 656. The largest absolute Gasteiger partial charge is 0.493 e. The maximum Gasteiger partial charge on any atom is 0.273 e. The SMILES string of the molecule is COc1cc([N+](=O)[O-])ccc1Oc1ccccc1C(C)N. The van der Waals surface area contributed by atoms with E-state index in [2.05, 4.69) is 0 Å². The molecule has 0 spiro atoms. The van der Waals surface area contributed by atoms with Gasteiger partial charge in [-0.3, -0.25) is 10.1 Å². The smallest absolute Gasteiger partial charge is 0.273 e. The summed E-state index contributed by atoms with van der Waals surface area (Å²) in [5, 5.41) is 10.8. The van der Waals surface area contributed by atoms with Crippen LogP contribution in [-0.2, 0) is 0 Å². The molecule has 0 amide bonds. The number of nitro benzene ring substituents is 1. The van der Waals surface area contributed by atoms with Crippen LogP contribution in [0.25, 0.3) is 0 Å². The van der Waals surface area contributed by atoms with Crippen LogP contribution in [0.1, 0.15) is 18.5 Å². The third-order valence-corrected chi connectivity index (χ3v) is 2.99. The van der Waals surface area contributed by atoms with E-state index in [1.54, 1.807) is 6.07 Å². The number of benzene rings is 2. The first-order valence-corrected chi connectivity index (χ1v) is 6.37. The van der Waals surface area contributed by atoms with Crippen LogP contribution >= 0.6 is 0 Å².